The summed E-state index contributed by atoms with van der Waals surface area (Å²) in [6, 6.07) is 9.49. The number of amides is 3. The highest BCUT2D eigenvalue weighted by Gasteiger charge is 2.41. The van der Waals surface area contributed by atoms with Gasteiger partial charge in [0.25, 0.3) is 11.8 Å². The number of carbonyl (C=O) groups excluding carboxylic acids is 4. The minimum Gasteiger partial charge on any atom is -0.493 e. The van der Waals surface area contributed by atoms with Crippen LogP contribution in [0.1, 0.15) is 45.7 Å². The molecule has 32 heavy (non-hydrogen) atoms. The van der Waals surface area contributed by atoms with E-state index in [1.165, 1.54) is 28.3 Å². The highest BCUT2D eigenvalue weighted by Crippen LogP contribution is 2.31. The van der Waals surface area contributed by atoms with Gasteiger partial charge in [0.15, 0.2) is 11.5 Å². The Hall–Kier alpha value is -3.88. The molecule has 9 nitrogen and oxygen atoms in total. The lowest BCUT2D eigenvalue weighted by molar-refractivity contribution is -0.141. The molecule has 1 N–H and O–H groups in total. The molecule has 0 fully saturated rings. The van der Waals surface area contributed by atoms with E-state index in [0.717, 1.165) is 4.90 Å². The number of fused-ring (bicyclic) bond motifs is 1. The molecule has 2 aromatic rings. The second-order valence-electron chi connectivity index (χ2n) is 7.16. The lowest BCUT2D eigenvalue weighted by atomic mass is 10.0. The highest BCUT2D eigenvalue weighted by atomic mass is 16.5. The summed E-state index contributed by atoms with van der Waals surface area (Å²) in [5, 5.41) is 2.75. The van der Waals surface area contributed by atoms with Crippen LogP contribution in [0.5, 0.6) is 11.5 Å². The third kappa shape index (κ3) is 4.27. The zero-order valence-electron chi connectivity index (χ0n) is 18.2. The van der Waals surface area contributed by atoms with Crippen molar-refractivity contribution in [2.75, 3.05) is 21.3 Å². The SMILES string of the molecule is COC(=O)CC(NC(=O)C(C)N1C(=O)c2ccccc2C1=O)c1ccc(OC)c(OC)c1. The summed E-state index contributed by atoms with van der Waals surface area (Å²) >= 11 is 0. The summed E-state index contributed by atoms with van der Waals surface area (Å²) in [5.41, 5.74) is 1.07. The van der Waals surface area contributed by atoms with Gasteiger partial charge in [-0.05, 0) is 36.8 Å². The van der Waals surface area contributed by atoms with Gasteiger partial charge >= 0.3 is 5.97 Å². The molecule has 0 radical (unpaired) electrons. The summed E-state index contributed by atoms with van der Waals surface area (Å²) < 4.78 is 15.3. The van der Waals surface area contributed by atoms with E-state index in [1.54, 1.807) is 42.5 Å². The second kappa shape index (κ2) is 9.51. The first-order valence-corrected chi connectivity index (χ1v) is 9.88. The van der Waals surface area contributed by atoms with Crippen LogP contribution in [0.3, 0.4) is 0 Å². The van der Waals surface area contributed by atoms with E-state index in [0.29, 0.717) is 17.1 Å². The van der Waals surface area contributed by atoms with Crippen LogP contribution in [0.15, 0.2) is 42.5 Å². The van der Waals surface area contributed by atoms with Crippen molar-refractivity contribution in [3.05, 3.63) is 59.2 Å². The summed E-state index contributed by atoms with van der Waals surface area (Å²) in [5.74, 6) is -1.31. The fourth-order valence-electron chi connectivity index (χ4n) is 3.54. The maximum Gasteiger partial charge on any atom is 0.307 e. The van der Waals surface area contributed by atoms with Crippen LogP contribution in [0.4, 0.5) is 0 Å². The summed E-state index contributed by atoms with van der Waals surface area (Å²) in [6.45, 7) is 1.46. The Morgan fingerprint density at radius 2 is 1.53 bits per heavy atom. The van der Waals surface area contributed by atoms with Crippen molar-refractivity contribution in [1.82, 2.24) is 10.2 Å². The number of esters is 1. The minimum absolute atomic E-state index is 0.160. The fraction of sp³-hybridized carbons (Fsp3) is 0.304. The van der Waals surface area contributed by atoms with Crippen LogP contribution in [0, 0.1) is 0 Å². The van der Waals surface area contributed by atoms with Crippen LogP contribution < -0.4 is 14.8 Å². The Kier molecular flexibility index (Phi) is 6.77. The molecule has 2 aromatic carbocycles. The number of imide groups is 1. The van der Waals surface area contributed by atoms with Crippen molar-refractivity contribution >= 4 is 23.7 Å². The lowest BCUT2D eigenvalue weighted by Crippen LogP contribution is -2.48. The van der Waals surface area contributed by atoms with E-state index >= 15 is 0 Å². The van der Waals surface area contributed by atoms with Crippen molar-refractivity contribution in [2.24, 2.45) is 0 Å². The molecule has 1 aliphatic rings. The van der Waals surface area contributed by atoms with Gasteiger partial charge in [0.05, 0.1) is 44.9 Å². The van der Waals surface area contributed by atoms with Gasteiger partial charge in [0.2, 0.25) is 5.91 Å². The normalized spacial score (nSPS) is 14.4. The van der Waals surface area contributed by atoms with Gasteiger partial charge < -0.3 is 19.5 Å². The standard InChI is InChI=1S/C23H24N2O7/c1-13(25-22(28)15-7-5-6-8-16(15)23(25)29)21(27)24-17(12-20(26)32-4)14-9-10-18(30-2)19(11-14)31-3/h5-11,13,17H,12H2,1-4H3,(H,24,27). The highest BCUT2D eigenvalue weighted by molar-refractivity contribution is 6.22. The summed E-state index contributed by atoms with van der Waals surface area (Å²) in [7, 11) is 4.21. The molecule has 0 bridgehead atoms. The molecule has 2 unspecified atom stereocenters. The van der Waals surface area contributed by atoms with E-state index in [-0.39, 0.29) is 17.5 Å². The average molecular weight is 440 g/mol. The van der Waals surface area contributed by atoms with E-state index in [1.807, 2.05) is 0 Å². The predicted octanol–water partition coefficient (Wildman–Crippen LogP) is 2.11. The zero-order valence-corrected chi connectivity index (χ0v) is 18.2. The molecule has 0 aliphatic carbocycles. The number of ether oxygens (including phenoxy) is 3. The van der Waals surface area contributed by atoms with Crippen LogP contribution >= 0.6 is 0 Å². The first-order chi connectivity index (χ1) is 15.3. The number of hydrogen-bond acceptors (Lipinski definition) is 7. The van der Waals surface area contributed by atoms with Crippen molar-refractivity contribution in [3.63, 3.8) is 0 Å². The average Bonchev–Trinajstić information content (AvgIpc) is 3.07. The van der Waals surface area contributed by atoms with Crippen molar-refractivity contribution < 1.29 is 33.4 Å². The first kappa shape index (κ1) is 22.8. The van der Waals surface area contributed by atoms with E-state index in [9.17, 15) is 19.2 Å². The summed E-state index contributed by atoms with van der Waals surface area (Å²) in [4.78, 5) is 51.4. The molecular weight excluding hydrogens is 416 g/mol. The maximum absolute atomic E-state index is 13.0. The molecule has 0 aromatic heterocycles. The van der Waals surface area contributed by atoms with Crippen molar-refractivity contribution in [1.29, 1.82) is 0 Å². The maximum atomic E-state index is 13.0. The molecule has 168 valence electrons. The Bertz CT molecular complexity index is 1030. The number of benzene rings is 2. The topological polar surface area (TPSA) is 111 Å². The molecule has 1 aliphatic heterocycles. The van der Waals surface area contributed by atoms with Gasteiger partial charge in [-0.25, -0.2) is 0 Å². The third-order valence-corrected chi connectivity index (χ3v) is 5.32. The molecule has 2 atom stereocenters. The molecule has 3 amide bonds. The van der Waals surface area contributed by atoms with Crippen molar-refractivity contribution in [2.45, 2.75) is 25.4 Å². The number of hydrogen-bond donors (Lipinski definition) is 1. The Labute approximate surface area is 185 Å². The fourth-order valence-corrected chi connectivity index (χ4v) is 3.54. The smallest absolute Gasteiger partial charge is 0.307 e. The lowest BCUT2D eigenvalue weighted by Gasteiger charge is -2.25. The minimum atomic E-state index is -1.09. The van der Waals surface area contributed by atoms with Crippen molar-refractivity contribution in [3.8, 4) is 11.5 Å². The molecule has 1 heterocycles. The number of methoxy groups -OCH3 is 3. The number of carbonyl (C=O) groups is 4. The quantitative estimate of drug-likeness (QED) is 0.494. The van der Waals surface area contributed by atoms with Gasteiger partial charge in [0.1, 0.15) is 6.04 Å². The number of nitrogens with zero attached hydrogens (tertiary/aromatic N) is 1. The van der Waals surface area contributed by atoms with Gasteiger partial charge in [-0.2, -0.15) is 0 Å². The van der Waals surface area contributed by atoms with Gasteiger partial charge in [-0.15, -0.1) is 0 Å². The molecule has 3 rings (SSSR count). The Balaban J connectivity index is 1.85. The Morgan fingerprint density at radius 1 is 0.938 bits per heavy atom. The Morgan fingerprint density at radius 3 is 2.06 bits per heavy atom. The van der Waals surface area contributed by atoms with Crippen LogP contribution in [-0.2, 0) is 14.3 Å². The van der Waals surface area contributed by atoms with Crippen LogP contribution in [-0.4, -0.2) is 56.0 Å². The van der Waals surface area contributed by atoms with Gasteiger partial charge in [-0.1, -0.05) is 18.2 Å². The van der Waals surface area contributed by atoms with E-state index < -0.39 is 35.8 Å². The molecule has 9 heteroatoms. The molecule has 0 saturated heterocycles. The third-order valence-electron chi connectivity index (χ3n) is 5.32. The molecule has 0 spiro atoms. The molecular formula is C23H24N2O7. The predicted molar refractivity (Wildman–Crippen MR) is 113 cm³/mol. The summed E-state index contributed by atoms with van der Waals surface area (Å²) in [6.07, 6.45) is -0.160. The second-order valence-corrected chi connectivity index (χ2v) is 7.16. The molecule has 0 saturated carbocycles. The largest absolute Gasteiger partial charge is 0.493 e. The van der Waals surface area contributed by atoms with E-state index in [2.05, 4.69) is 5.32 Å². The monoisotopic (exact) mass is 440 g/mol. The first-order valence-electron chi connectivity index (χ1n) is 9.88. The van der Waals surface area contributed by atoms with Gasteiger partial charge in [-0.3, -0.25) is 24.1 Å². The van der Waals surface area contributed by atoms with E-state index in [4.69, 9.17) is 14.2 Å². The van der Waals surface area contributed by atoms with Gasteiger partial charge in [0, 0.05) is 0 Å². The number of nitrogens with one attached hydrogen (secondary N) is 1. The zero-order chi connectivity index (χ0) is 23.4. The number of rotatable bonds is 8. The van der Waals surface area contributed by atoms with Crippen LogP contribution in [0.2, 0.25) is 0 Å². The van der Waals surface area contributed by atoms with Crippen LogP contribution in [0.25, 0.3) is 0 Å².